The Labute approximate surface area is 265 Å². The number of aryl methyl sites for hydroxylation is 2. The molecule has 1 fully saturated rings. The van der Waals surface area contributed by atoms with E-state index in [2.05, 4.69) is 16.9 Å². The second kappa shape index (κ2) is 13.1. The SMILES string of the molecule is CCc1cccc(CC)c1-n1c(C=C(C)C)c(C(=O)N2CCC[C@@H](C)C2)cc(-c2nc(-c3ccc(C(F)(F)F)nc3)cs2)c1=O. The van der Waals surface area contributed by atoms with Crippen molar-refractivity contribution in [1.29, 1.82) is 0 Å². The Kier molecular flexibility index (Phi) is 9.44. The molecule has 6 nitrogen and oxygen atoms in total. The summed E-state index contributed by atoms with van der Waals surface area (Å²) in [7, 11) is 0. The molecule has 3 aromatic heterocycles. The van der Waals surface area contributed by atoms with Gasteiger partial charge in [0.15, 0.2) is 0 Å². The summed E-state index contributed by atoms with van der Waals surface area (Å²) in [6.07, 6.45) is 1.82. The van der Waals surface area contributed by atoms with Gasteiger partial charge in [-0.2, -0.15) is 13.2 Å². The van der Waals surface area contributed by atoms with Crippen molar-refractivity contribution >= 4 is 23.3 Å². The van der Waals surface area contributed by atoms with E-state index in [-0.39, 0.29) is 17.0 Å². The first-order valence-corrected chi connectivity index (χ1v) is 16.2. The molecule has 4 heterocycles. The molecule has 0 N–H and O–H groups in total. The van der Waals surface area contributed by atoms with Crippen LogP contribution in [-0.2, 0) is 19.0 Å². The number of carbonyl (C=O) groups excluding carboxylic acids is 1. The van der Waals surface area contributed by atoms with Gasteiger partial charge in [0.2, 0.25) is 0 Å². The van der Waals surface area contributed by atoms with Crippen LogP contribution in [0, 0.1) is 5.92 Å². The number of allylic oxidation sites excluding steroid dienone is 1. The molecular weight excluding hydrogens is 597 g/mol. The number of para-hydroxylation sites is 1. The number of hydrogen-bond acceptors (Lipinski definition) is 5. The van der Waals surface area contributed by atoms with E-state index in [1.165, 1.54) is 17.4 Å². The van der Waals surface area contributed by atoms with E-state index in [9.17, 15) is 22.8 Å². The first-order valence-electron chi connectivity index (χ1n) is 15.3. The zero-order valence-corrected chi connectivity index (χ0v) is 27.0. The summed E-state index contributed by atoms with van der Waals surface area (Å²) in [6, 6.07) is 9.90. The number of halogens is 3. The van der Waals surface area contributed by atoms with Crippen LogP contribution in [0.25, 0.3) is 33.6 Å². The molecule has 10 heteroatoms. The Balaban J connectivity index is 1.77. The third-order valence-corrected chi connectivity index (χ3v) is 8.99. The van der Waals surface area contributed by atoms with Crippen molar-refractivity contribution in [1.82, 2.24) is 19.4 Å². The van der Waals surface area contributed by atoms with Gasteiger partial charge in [0, 0.05) is 30.2 Å². The maximum absolute atomic E-state index is 14.7. The minimum Gasteiger partial charge on any atom is -0.338 e. The zero-order chi connectivity index (χ0) is 32.5. The highest BCUT2D eigenvalue weighted by molar-refractivity contribution is 7.13. The quantitative estimate of drug-likeness (QED) is 0.205. The highest BCUT2D eigenvalue weighted by atomic mass is 32.1. The minimum absolute atomic E-state index is 0.139. The standard InChI is InChI=1S/C35H37F3N4O2S/c1-6-23-11-8-12-24(7-2)31(23)42-29(16-21(3)4)26(33(43)41-15-9-10-22(5)19-41)17-27(34(42)44)32-40-28(20-45-32)25-13-14-30(39-18-25)35(36,37)38/h8,11-14,16-18,20,22H,6-7,9-10,15,19H2,1-5H3/t22-/m1/s1. The molecule has 0 spiro atoms. The molecule has 1 aliphatic rings. The number of rotatable bonds is 7. The number of likely N-dealkylation sites (tertiary alicyclic amines) is 1. The van der Waals surface area contributed by atoms with Crippen LogP contribution in [0.5, 0.6) is 0 Å². The van der Waals surface area contributed by atoms with Crippen molar-refractivity contribution in [3.63, 3.8) is 0 Å². The van der Waals surface area contributed by atoms with Gasteiger partial charge in [-0.05, 0) is 80.9 Å². The molecule has 5 rings (SSSR count). The summed E-state index contributed by atoms with van der Waals surface area (Å²) in [4.78, 5) is 39.1. The van der Waals surface area contributed by atoms with Gasteiger partial charge in [-0.1, -0.05) is 44.5 Å². The predicted molar refractivity (Wildman–Crippen MR) is 174 cm³/mol. The molecule has 0 unspecified atom stereocenters. The van der Waals surface area contributed by atoms with Crippen LogP contribution >= 0.6 is 11.3 Å². The fourth-order valence-corrected chi connectivity index (χ4v) is 6.72. The monoisotopic (exact) mass is 634 g/mol. The van der Waals surface area contributed by atoms with E-state index in [0.29, 0.717) is 59.4 Å². The second-order valence-electron chi connectivity index (χ2n) is 11.8. The van der Waals surface area contributed by atoms with Crippen molar-refractivity contribution < 1.29 is 18.0 Å². The summed E-state index contributed by atoms with van der Waals surface area (Å²) in [6.45, 7) is 11.4. The van der Waals surface area contributed by atoms with E-state index in [1.54, 1.807) is 16.0 Å². The lowest BCUT2D eigenvalue weighted by molar-refractivity contribution is -0.141. The largest absolute Gasteiger partial charge is 0.433 e. The highest BCUT2D eigenvalue weighted by Gasteiger charge is 2.32. The third-order valence-electron chi connectivity index (χ3n) is 8.11. The van der Waals surface area contributed by atoms with Crippen molar-refractivity contribution in [3.05, 3.63) is 92.0 Å². The average Bonchev–Trinajstić information content (AvgIpc) is 3.50. The van der Waals surface area contributed by atoms with Gasteiger partial charge in [-0.15, -0.1) is 11.3 Å². The van der Waals surface area contributed by atoms with Crippen molar-refractivity contribution in [2.45, 2.75) is 66.5 Å². The van der Waals surface area contributed by atoms with E-state index in [4.69, 9.17) is 0 Å². The van der Waals surface area contributed by atoms with Gasteiger partial charge in [-0.25, -0.2) is 4.98 Å². The molecule has 0 aliphatic carbocycles. The van der Waals surface area contributed by atoms with Crippen LogP contribution in [-0.4, -0.2) is 38.4 Å². The van der Waals surface area contributed by atoms with Gasteiger partial charge in [0.1, 0.15) is 10.7 Å². The number of amides is 1. The third kappa shape index (κ3) is 6.66. The van der Waals surface area contributed by atoms with E-state index < -0.39 is 11.9 Å². The number of hydrogen-bond donors (Lipinski definition) is 0. The lowest BCUT2D eigenvalue weighted by Crippen LogP contribution is -2.40. The maximum Gasteiger partial charge on any atom is 0.433 e. The predicted octanol–water partition coefficient (Wildman–Crippen LogP) is 8.46. The summed E-state index contributed by atoms with van der Waals surface area (Å²) < 4.78 is 41.0. The van der Waals surface area contributed by atoms with Gasteiger partial charge >= 0.3 is 6.18 Å². The van der Waals surface area contributed by atoms with Crippen LogP contribution in [0.4, 0.5) is 13.2 Å². The van der Waals surface area contributed by atoms with Crippen LogP contribution in [0.3, 0.4) is 0 Å². The number of pyridine rings is 2. The fraction of sp³-hybridized carbons (Fsp3) is 0.371. The normalized spacial score (nSPS) is 15.3. The number of benzene rings is 1. The van der Waals surface area contributed by atoms with Crippen LogP contribution in [0.2, 0.25) is 0 Å². The van der Waals surface area contributed by atoms with E-state index in [1.807, 2.05) is 56.9 Å². The molecule has 0 saturated carbocycles. The number of thiazole rings is 1. The molecular formula is C35H37F3N4O2S. The Morgan fingerprint density at radius 2 is 1.82 bits per heavy atom. The maximum atomic E-state index is 14.7. The van der Waals surface area contributed by atoms with Crippen molar-refractivity contribution in [2.24, 2.45) is 5.92 Å². The number of piperidine rings is 1. The summed E-state index contributed by atoms with van der Waals surface area (Å²) >= 11 is 1.21. The molecule has 0 radical (unpaired) electrons. The van der Waals surface area contributed by atoms with Gasteiger partial charge in [-0.3, -0.25) is 19.1 Å². The molecule has 4 aromatic rings. The second-order valence-corrected chi connectivity index (χ2v) is 12.7. The van der Waals surface area contributed by atoms with Crippen LogP contribution in [0.1, 0.15) is 80.3 Å². The van der Waals surface area contributed by atoms with Crippen LogP contribution in [0.15, 0.2) is 58.3 Å². The highest BCUT2D eigenvalue weighted by Crippen LogP contribution is 2.33. The molecule has 1 aromatic carbocycles. The molecule has 1 saturated heterocycles. The van der Waals surface area contributed by atoms with Gasteiger partial charge < -0.3 is 4.90 Å². The van der Waals surface area contributed by atoms with Gasteiger partial charge in [0.25, 0.3) is 11.5 Å². The minimum atomic E-state index is -4.55. The van der Waals surface area contributed by atoms with Gasteiger partial charge in [0.05, 0.1) is 28.2 Å². The summed E-state index contributed by atoms with van der Waals surface area (Å²) in [5, 5.41) is 2.07. The fourth-order valence-electron chi connectivity index (χ4n) is 5.88. The molecule has 1 aliphatic heterocycles. The first kappa shape index (κ1) is 32.3. The topological polar surface area (TPSA) is 68.1 Å². The molecule has 45 heavy (non-hydrogen) atoms. The smallest absolute Gasteiger partial charge is 0.338 e. The van der Waals surface area contributed by atoms with Crippen molar-refractivity contribution in [3.8, 4) is 27.5 Å². The van der Waals surface area contributed by atoms with E-state index >= 15 is 0 Å². The summed E-state index contributed by atoms with van der Waals surface area (Å²) in [5.41, 5.74) is 4.39. The van der Waals surface area contributed by atoms with E-state index in [0.717, 1.165) is 47.5 Å². The lowest BCUT2D eigenvalue weighted by Gasteiger charge is -2.32. The molecule has 0 bridgehead atoms. The lowest BCUT2D eigenvalue weighted by atomic mass is 9.97. The number of nitrogens with zero attached hydrogens (tertiary/aromatic N) is 4. The molecule has 1 atom stereocenters. The van der Waals surface area contributed by atoms with Crippen molar-refractivity contribution in [2.75, 3.05) is 13.1 Å². The summed E-state index contributed by atoms with van der Waals surface area (Å²) in [5.74, 6) is 0.228. The first-order chi connectivity index (χ1) is 21.4. The average molecular weight is 635 g/mol. The molecule has 236 valence electrons. The Hall–Kier alpha value is -4.05. The molecule has 1 amide bonds. The Morgan fingerprint density at radius 1 is 1.11 bits per heavy atom. The Bertz CT molecular complexity index is 1780. The number of carbonyl (C=O) groups is 1. The number of aromatic nitrogens is 3. The Morgan fingerprint density at radius 3 is 2.40 bits per heavy atom. The number of alkyl halides is 3. The zero-order valence-electron chi connectivity index (χ0n) is 26.2. The van der Waals surface area contributed by atoms with Crippen LogP contribution < -0.4 is 5.56 Å².